The van der Waals surface area contributed by atoms with Gasteiger partial charge >= 0.3 is 6.18 Å². The molecule has 0 saturated heterocycles. The van der Waals surface area contributed by atoms with Gasteiger partial charge in [0.25, 0.3) is 0 Å². The maximum atomic E-state index is 13.9. The van der Waals surface area contributed by atoms with E-state index in [2.05, 4.69) is 16.2 Å². The van der Waals surface area contributed by atoms with Crippen molar-refractivity contribution in [2.75, 3.05) is 0 Å². The fourth-order valence-corrected chi connectivity index (χ4v) is 3.31. The van der Waals surface area contributed by atoms with Gasteiger partial charge in [-0.3, -0.25) is 0 Å². The number of nitrogens with one attached hydrogen (secondary N) is 1. The molecule has 0 amide bonds. The molecule has 7 heteroatoms. The zero-order valence-corrected chi connectivity index (χ0v) is 17.8. The summed E-state index contributed by atoms with van der Waals surface area (Å²) in [6.07, 6.45) is -1.80. The lowest BCUT2D eigenvalue weighted by Gasteiger charge is -2.34. The Bertz CT molecular complexity index is 483. The molecule has 0 aliphatic heterocycles. The van der Waals surface area contributed by atoms with Gasteiger partial charge in [0.15, 0.2) is 5.54 Å². The summed E-state index contributed by atoms with van der Waals surface area (Å²) in [4.78, 5) is 0. The van der Waals surface area contributed by atoms with Gasteiger partial charge in [0, 0.05) is 0 Å². The maximum absolute atomic E-state index is 13.9. The molecule has 0 saturated carbocycles. The van der Waals surface area contributed by atoms with Crippen molar-refractivity contribution < 1.29 is 17.4 Å². The lowest BCUT2D eigenvalue weighted by molar-refractivity contribution is -0.175. The molecule has 0 fully saturated rings. The van der Waals surface area contributed by atoms with E-state index in [4.69, 9.17) is 0 Å². The fourth-order valence-electron chi connectivity index (χ4n) is 1.83. The molecule has 0 radical (unpaired) electrons. The summed E-state index contributed by atoms with van der Waals surface area (Å²) in [5, 5.41) is 0. The van der Waals surface area contributed by atoms with Crippen molar-refractivity contribution in [2.45, 2.75) is 95.9 Å². The quantitative estimate of drug-likeness (QED) is 0.366. The van der Waals surface area contributed by atoms with Crippen LogP contribution in [0.15, 0.2) is 0 Å². The first-order chi connectivity index (χ1) is 10.6. The molecule has 2 atom stereocenters. The van der Waals surface area contributed by atoms with Crippen LogP contribution in [0.3, 0.4) is 0 Å². The Morgan fingerprint density at radius 2 is 1.58 bits per heavy atom. The third kappa shape index (κ3) is 8.17. The summed E-state index contributed by atoms with van der Waals surface area (Å²) in [6.45, 7) is 12.7. The highest BCUT2D eigenvalue weighted by molar-refractivity contribution is 7.84. The normalized spacial score (nSPS) is 16.9. The van der Waals surface area contributed by atoms with E-state index in [9.17, 15) is 17.4 Å². The van der Waals surface area contributed by atoms with Gasteiger partial charge in [0.1, 0.15) is 8.07 Å². The molecule has 0 aliphatic rings. The van der Waals surface area contributed by atoms with Gasteiger partial charge in [-0.05, 0) is 27.2 Å². The molecule has 0 heterocycles. The van der Waals surface area contributed by atoms with Crippen LogP contribution >= 0.6 is 0 Å². The van der Waals surface area contributed by atoms with Gasteiger partial charge < -0.3 is 0 Å². The number of hydrogen-bond donors (Lipinski definition) is 1. The van der Waals surface area contributed by atoms with Crippen LogP contribution in [0, 0.1) is 11.5 Å². The van der Waals surface area contributed by atoms with Gasteiger partial charge in [-0.1, -0.05) is 58.2 Å². The Kier molecular flexibility index (Phi) is 8.74. The third-order valence-corrected chi connectivity index (χ3v) is 5.88. The summed E-state index contributed by atoms with van der Waals surface area (Å²) < 4.78 is 55.7. The van der Waals surface area contributed by atoms with Gasteiger partial charge in [0.2, 0.25) is 0 Å². The van der Waals surface area contributed by atoms with Crippen molar-refractivity contribution in [3.8, 4) is 11.5 Å². The van der Waals surface area contributed by atoms with Crippen molar-refractivity contribution in [3.63, 3.8) is 0 Å². The molecule has 24 heavy (non-hydrogen) atoms. The number of unbranched alkanes of at least 4 members (excludes halogenated alkanes) is 3. The average Bonchev–Trinajstić information content (AvgIpc) is 2.37. The fraction of sp³-hybridized carbons (Fsp3) is 0.882. The van der Waals surface area contributed by atoms with Gasteiger partial charge in [-0.15, -0.1) is 5.54 Å². The monoisotopic (exact) mass is 383 g/mol. The zero-order chi connectivity index (χ0) is 19.2. The molecule has 0 bridgehead atoms. The Morgan fingerprint density at radius 1 is 1.04 bits per heavy atom. The zero-order valence-electron chi connectivity index (χ0n) is 16.0. The first-order valence-corrected chi connectivity index (χ1v) is 13.1. The van der Waals surface area contributed by atoms with E-state index < -0.39 is 35.5 Å². The van der Waals surface area contributed by atoms with Crippen LogP contribution < -0.4 is 4.72 Å². The Hall–Kier alpha value is -0.323. The summed E-state index contributed by atoms with van der Waals surface area (Å²) in [5.41, 5.74) is 0.435. The van der Waals surface area contributed by atoms with E-state index in [-0.39, 0.29) is 6.42 Å². The summed E-state index contributed by atoms with van der Waals surface area (Å²) in [5.74, 6) is 2.48. The minimum Gasteiger partial charge on any atom is -0.242 e. The number of hydrogen-bond acceptors (Lipinski definition) is 1. The number of rotatable bonds is 7. The highest BCUT2D eigenvalue weighted by Crippen LogP contribution is 2.36. The molecule has 2 nitrogen and oxygen atoms in total. The van der Waals surface area contributed by atoms with Crippen LogP contribution in [0.1, 0.15) is 59.8 Å². The van der Waals surface area contributed by atoms with Crippen LogP contribution in [-0.4, -0.2) is 28.7 Å². The number of alkyl halides is 3. The maximum Gasteiger partial charge on any atom is 0.418 e. The lowest BCUT2D eigenvalue weighted by Crippen LogP contribution is -2.58. The second-order valence-electron chi connectivity index (χ2n) is 8.20. The Labute approximate surface area is 149 Å². The Balaban J connectivity index is 5.77. The average molecular weight is 384 g/mol. The first kappa shape index (κ1) is 23.7. The van der Waals surface area contributed by atoms with Crippen molar-refractivity contribution in [2.24, 2.45) is 0 Å². The second kappa shape index (κ2) is 8.86. The van der Waals surface area contributed by atoms with Crippen LogP contribution in [-0.2, 0) is 11.0 Å². The molecule has 1 N–H and O–H groups in total. The molecule has 0 aromatic rings. The largest absolute Gasteiger partial charge is 0.418 e. The minimum absolute atomic E-state index is 0.171. The van der Waals surface area contributed by atoms with Gasteiger partial charge in [0.05, 0.1) is 15.7 Å². The minimum atomic E-state index is -4.58. The van der Waals surface area contributed by atoms with E-state index >= 15 is 0 Å². The summed E-state index contributed by atoms with van der Waals surface area (Å²) in [7, 11) is -3.84. The molecule has 142 valence electrons. The molecule has 0 aromatic carbocycles. The van der Waals surface area contributed by atoms with Crippen LogP contribution in [0.25, 0.3) is 0 Å². The summed E-state index contributed by atoms with van der Waals surface area (Å²) >= 11 is 0. The highest BCUT2D eigenvalue weighted by Gasteiger charge is 2.55. The second-order valence-corrected chi connectivity index (χ2v) is 14.9. The highest BCUT2D eigenvalue weighted by atomic mass is 32.2. The standard InChI is InChI=1S/C17H32F3NOSSi/c1-8-9-10-11-12-16(17(18,19)20,13-14-24(5,6)7)21-23(22)15(2,3)4/h21H,8-12H2,1-7H3/t16-,23+/m1/s1. The molecule has 0 rings (SSSR count). The lowest BCUT2D eigenvalue weighted by atomic mass is 9.93. The topological polar surface area (TPSA) is 29.1 Å². The predicted octanol–water partition coefficient (Wildman–Crippen LogP) is 5.19. The van der Waals surface area contributed by atoms with Gasteiger partial charge in [-0.25, -0.2) is 8.93 Å². The van der Waals surface area contributed by atoms with E-state index in [1.54, 1.807) is 20.8 Å². The van der Waals surface area contributed by atoms with E-state index in [1.165, 1.54) is 0 Å². The van der Waals surface area contributed by atoms with Crippen molar-refractivity contribution in [1.82, 2.24) is 4.72 Å². The van der Waals surface area contributed by atoms with Crippen molar-refractivity contribution in [3.05, 3.63) is 0 Å². The number of halogens is 3. The smallest absolute Gasteiger partial charge is 0.242 e. The molecular weight excluding hydrogens is 351 g/mol. The Morgan fingerprint density at radius 3 is 1.96 bits per heavy atom. The van der Waals surface area contributed by atoms with E-state index in [1.807, 2.05) is 26.6 Å². The van der Waals surface area contributed by atoms with Crippen molar-refractivity contribution in [1.29, 1.82) is 0 Å². The van der Waals surface area contributed by atoms with Crippen LogP contribution in [0.2, 0.25) is 19.6 Å². The van der Waals surface area contributed by atoms with Crippen molar-refractivity contribution >= 4 is 19.1 Å². The molecule has 0 aliphatic carbocycles. The molecule has 0 spiro atoms. The van der Waals surface area contributed by atoms with Gasteiger partial charge in [-0.2, -0.15) is 13.2 Å². The van der Waals surface area contributed by atoms with E-state index in [0.717, 1.165) is 12.8 Å². The van der Waals surface area contributed by atoms with Crippen LogP contribution in [0.5, 0.6) is 0 Å². The first-order valence-electron chi connectivity index (χ1n) is 8.45. The predicted molar refractivity (Wildman–Crippen MR) is 99.7 cm³/mol. The molecule has 0 aromatic heterocycles. The van der Waals surface area contributed by atoms with Crippen LogP contribution in [0.4, 0.5) is 13.2 Å². The SMILES string of the molecule is CCCCCC[C@](C#C[Si](C)(C)C)(N[S@@](=O)C(C)(C)C)C(F)(F)F. The molecule has 0 unspecified atom stereocenters. The van der Waals surface area contributed by atoms with E-state index in [0.29, 0.717) is 12.8 Å². The molecular formula is C17H32F3NOSSi. The summed E-state index contributed by atoms with van der Waals surface area (Å²) in [6, 6.07) is 0. The third-order valence-electron chi connectivity index (χ3n) is 3.36.